The van der Waals surface area contributed by atoms with Gasteiger partial charge in [0.15, 0.2) is 11.2 Å². The molecule has 0 bridgehead atoms. The number of ether oxygens (including phenoxy) is 1. The van der Waals surface area contributed by atoms with Gasteiger partial charge in [-0.1, -0.05) is 17.7 Å². The maximum absolute atomic E-state index is 13.8. The number of carbonyl (C=O) groups excluding carboxylic acids is 7. The van der Waals surface area contributed by atoms with Gasteiger partial charge >= 0.3 is 23.9 Å². The van der Waals surface area contributed by atoms with Crippen LogP contribution in [-0.4, -0.2) is 138 Å². The Kier molecular flexibility index (Phi) is 19.2. The number of carboxylic acids is 3. The average molecular weight is 1030 g/mol. The number of methoxy groups -OCH3 is 1. The van der Waals surface area contributed by atoms with Gasteiger partial charge in [-0.15, -0.1) is 0 Å². The van der Waals surface area contributed by atoms with E-state index in [1.54, 1.807) is 43.3 Å². The number of esters is 1. The Morgan fingerprint density at radius 1 is 0.797 bits per heavy atom. The highest BCUT2D eigenvalue weighted by atomic mass is 16.5. The monoisotopic (exact) mass is 1030 g/mol. The Labute approximate surface area is 420 Å². The zero-order chi connectivity index (χ0) is 54.3. The number of anilines is 2. The Hall–Kier alpha value is -9.04. The number of carboxylic acid groups (broad SMARTS) is 3. The molecule has 27 nitrogen and oxygen atoms in total. The van der Waals surface area contributed by atoms with Crippen molar-refractivity contribution >= 4 is 82.1 Å². The first-order chi connectivity index (χ1) is 35.1. The van der Waals surface area contributed by atoms with Gasteiger partial charge in [-0.25, -0.2) is 14.8 Å². The fraction of sp³-hybridized carbons (Fsp3) is 0.404. The number of fused-ring (bicyclic) bond motifs is 1. The molecule has 0 aliphatic heterocycles. The van der Waals surface area contributed by atoms with Crippen LogP contribution < -0.4 is 48.5 Å². The molecule has 4 aromatic rings. The number of nitrogen functional groups attached to an aromatic ring is 1. The summed E-state index contributed by atoms with van der Waals surface area (Å²) in [6, 6.07) is 7.40. The van der Waals surface area contributed by atoms with Crippen molar-refractivity contribution in [3.63, 3.8) is 0 Å². The Morgan fingerprint density at radius 3 is 2.05 bits per heavy atom. The SMILES string of the molecule is COC(=O)[C@H](CCCCNC(=O)c1ccc(C)cc1)NC(=O)[C@H](CC(=O)O)NC(=O)C1(NC(=O)[C@H](CC(=O)O)NC(=O)CC[C@@H](C)NC(=O)c2ccc(NCc3cnc4nc(N)[nH]c(=O)c4n3)cc2)C[C@H]1C(=O)O. The van der Waals surface area contributed by atoms with Crippen molar-refractivity contribution in [3.8, 4) is 0 Å². The molecule has 1 unspecified atom stereocenters. The van der Waals surface area contributed by atoms with Crippen molar-refractivity contribution in [2.45, 2.75) is 101 Å². The van der Waals surface area contributed by atoms with Gasteiger partial charge in [0.1, 0.15) is 23.7 Å². The van der Waals surface area contributed by atoms with E-state index in [-0.39, 0.29) is 67.4 Å². The normalized spacial score (nSPS) is 16.2. The molecule has 6 amide bonds. The number of aryl methyl sites for hydroxylation is 1. The first-order valence-electron chi connectivity index (χ1n) is 23.1. The van der Waals surface area contributed by atoms with Crippen LogP contribution in [0.3, 0.4) is 0 Å². The Morgan fingerprint density at radius 2 is 1.43 bits per heavy atom. The average Bonchev–Trinajstić information content (AvgIpc) is 4.09. The zero-order valence-corrected chi connectivity index (χ0v) is 40.3. The first-order valence-corrected chi connectivity index (χ1v) is 23.1. The lowest BCUT2D eigenvalue weighted by atomic mass is 10.1. The van der Waals surface area contributed by atoms with Gasteiger partial charge in [-0.05, 0) is 82.3 Å². The standard InChI is InChI=1S/C47H56N12O15/c1-23-7-10-25(11-8-23)38(65)49-17-5-4-6-30(44(72)74-3)55-40(67)31(18-34(61)62)56-45(73)47(20-29(47)43(70)71)59-41(68)32(19-35(63)64)54-33(60)16-9-24(2)52-39(66)26-12-14-27(15-13-26)50-21-28-22-51-37-36(53-28)42(69)58-46(48)57-37/h7-8,10-15,22,24,29-32,50H,4-6,9,16-21H2,1-3H3,(H,49,65)(H,52,66)(H,54,60)(H,55,67)(H,56,73)(H,59,68)(H,61,62)(H,63,64)(H,70,71)(H3,48,51,57,58,69)/t24-,29+,30+,31+,32+,47?/m1/s1. The number of nitrogens with one attached hydrogen (secondary N) is 8. The molecule has 1 saturated carbocycles. The van der Waals surface area contributed by atoms with Crippen LogP contribution in [0.5, 0.6) is 0 Å². The molecule has 394 valence electrons. The number of nitrogens with two attached hydrogens (primary N) is 1. The van der Waals surface area contributed by atoms with Crippen LogP contribution >= 0.6 is 0 Å². The second-order valence-corrected chi connectivity index (χ2v) is 17.4. The van der Waals surface area contributed by atoms with Crippen molar-refractivity contribution in [2.24, 2.45) is 5.92 Å². The molecule has 27 heteroatoms. The molecule has 2 aromatic carbocycles. The van der Waals surface area contributed by atoms with Crippen LogP contribution in [0.2, 0.25) is 0 Å². The van der Waals surface area contributed by atoms with E-state index in [0.717, 1.165) is 12.7 Å². The summed E-state index contributed by atoms with van der Waals surface area (Å²) in [5, 5.41) is 46.6. The molecule has 1 aliphatic rings. The van der Waals surface area contributed by atoms with E-state index >= 15 is 0 Å². The van der Waals surface area contributed by atoms with Crippen molar-refractivity contribution < 1.29 is 68.0 Å². The summed E-state index contributed by atoms with van der Waals surface area (Å²) in [6.07, 6.45) is -1.01. The Balaban J connectivity index is 1.13. The molecule has 5 rings (SSSR count). The minimum atomic E-state index is -2.33. The summed E-state index contributed by atoms with van der Waals surface area (Å²) >= 11 is 0. The number of aromatic amines is 1. The number of aliphatic carboxylic acids is 3. The fourth-order valence-corrected chi connectivity index (χ4v) is 7.50. The number of rotatable bonds is 27. The van der Waals surface area contributed by atoms with Crippen molar-refractivity contribution in [1.82, 2.24) is 51.8 Å². The van der Waals surface area contributed by atoms with E-state index < -0.39 is 114 Å². The fourth-order valence-electron chi connectivity index (χ4n) is 7.50. The van der Waals surface area contributed by atoms with E-state index in [1.165, 1.54) is 18.3 Å². The van der Waals surface area contributed by atoms with Gasteiger partial charge in [0.2, 0.25) is 29.6 Å². The summed E-state index contributed by atoms with van der Waals surface area (Å²) in [4.78, 5) is 155. The highest BCUT2D eigenvalue weighted by Crippen LogP contribution is 2.44. The minimum Gasteiger partial charge on any atom is -0.481 e. The number of carbonyl (C=O) groups is 10. The van der Waals surface area contributed by atoms with E-state index in [1.807, 2.05) is 6.92 Å². The molecule has 13 N–H and O–H groups in total. The van der Waals surface area contributed by atoms with Crippen LogP contribution in [0.1, 0.15) is 90.3 Å². The van der Waals surface area contributed by atoms with Crippen LogP contribution in [0.15, 0.2) is 59.5 Å². The quantitative estimate of drug-likeness (QED) is 0.0258. The summed E-state index contributed by atoms with van der Waals surface area (Å²) < 4.78 is 4.79. The van der Waals surface area contributed by atoms with E-state index in [4.69, 9.17) is 10.5 Å². The van der Waals surface area contributed by atoms with Crippen LogP contribution in [0, 0.1) is 12.8 Å². The van der Waals surface area contributed by atoms with Crippen molar-refractivity contribution in [2.75, 3.05) is 24.7 Å². The van der Waals surface area contributed by atoms with Crippen LogP contribution in [-0.2, 0) is 49.6 Å². The van der Waals surface area contributed by atoms with E-state index in [2.05, 4.69) is 57.2 Å². The third kappa shape index (κ3) is 15.7. The number of hydrogen-bond acceptors (Lipinski definition) is 17. The zero-order valence-electron chi connectivity index (χ0n) is 40.3. The van der Waals surface area contributed by atoms with Gasteiger partial charge < -0.3 is 63.0 Å². The summed E-state index contributed by atoms with van der Waals surface area (Å²) in [5.74, 6) is -12.9. The van der Waals surface area contributed by atoms with Gasteiger partial charge in [0.25, 0.3) is 17.4 Å². The third-order valence-corrected chi connectivity index (χ3v) is 11.7. The number of H-pyrrole nitrogens is 1. The lowest BCUT2D eigenvalue weighted by Gasteiger charge is -2.26. The van der Waals surface area contributed by atoms with Gasteiger partial charge in [0.05, 0.1) is 44.3 Å². The molecule has 0 radical (unpaired) electrons. The predicted molar refractivity (Wildman–Crippen MR) is 259 cm³/mol. The number of amides is 6. The van der Waals surface area contributed by atoms with Gasteiger partial charge in [-0.2, -0.15) is 4.98 Å². The lowest BCUT2D eigenvalue weighted by molar-refractivity contribution is -0.146. The van der Waals surface area contributed by atoms with Crippen molar-refractivity contribution in [3.05, 3.63) is 87.5 Å². The molecule has 0 spiro atoms. The molecular formula is C47H56N12O15. The lowest BCUT2D eigenvalue weighted by Crippen LogP contribution is -2.60. The number of nitrogens with zero attached hydrogens (tertiary/aromatic N) is 3. The summed E-state index contributed by atoms with van der Waals surface area (Å²) in [5.41, 5.74) is 5.46. The second kappa shape index (κ2) is 25.4. The molecule has 0 saturated heterocycles. The van der Waals surface area contributed by atoms with Crippen molar-refractivity contribution in [1.29, 1.82) is 0 Å². The maximum atomic E-state index is 13.8. The van der Waals surface area contributed by atoms with E-state index in [9.17, 15) is 68.1 Å². The van der Waals surface area contributed by atoms with Gasteiger partial charge in [-0.3, -0.25) is 52.9 Å². The topological polar surface area (TPSA) is 422 Å². The maximum Gasteiger partial charge on any atom is 0.328 e. The van der Waals surface area contributed by atoms with Crippen LogP contribution in [0.4, 0.5) is 11.6 Å². The largest absolute Gasteiger partial charge is 0.481 e. The molecule has 1 fully saturated rings. The van der Waals surface area contributed by atoms with Gasteiger partial charge in [0, 0.05) is 35.8 Å². The number of hydrogen-bond donors (Lipinski definition) is 12. The number of benzene rings is 2. The molecule has 6 atom stereocenters. The Bertz CT molecular complexity index is 2840. The number of aromatic nitrogens is 4. The molecular weight excluding hydrogens is 973 g/mol. The predicted octanol–water partition coefficient (Wildman–Crippen LogP) is -0.749. The van der Waals surface area contributed by atoms with Crippen LogP contribution in [0.25, 0.3) is 11.2 Å². The second-order valence-electron chi connectivity index (χ2n) is 17.4. The van der Waals surface area contributed by atoms with E-state index in [0.29, 0.717) is 23.4 Å². The summed E-state index contributed by atoms with van der Waals surface area (Å²) in [6.45, 7) is 3.84. The molecule has 74 heavy (non-hydrogen) atoms. The minimum absolute atomic E-state index is 0.000406. The molecule has 2 aromatic heterocycles. The first kappa shape index (κ1) is 55.9. The molecule has 1 aliphatic carbocycles. The smallest absolute Gasteiger partial charge is 0.328 e. The summed E-state index contributed by atoms with van der Waals surface area (Å²) in [7, 11) is 1.05. The number of unbranched alkanes of at least 4 members (excludes halogenated alkanes) is 1. The highest BCUT2D eigenvalue weighted by molar-refractivity contribution is 6.04. The molecule has 2 heterocycles. The third-order valence-electron chi connectivity index (χ3n) is 11.7. The highest BCUT2D eigenvalue weighted by Gasteiger charge is 2.66.